The Kier molecular flexibility index (Phi) is 5.75. The second-order valence-electron chi connectivity index (χ2n) is 7.12. The highest BCUT2D eigenvalue weighted by Crippen LogP contribution is 2.25. The molecule has 3 rings (SSSR count). The van der Waals surface area contributed by atoms with E-state index in [-0.39, 0.29) is 11.9 Å². The van der Waals surface area contributed by atoms with Gasteiger partial charge in [-0.05, 0) is 50.8 Å². The first-order valence-corrected chi connectivity index (χ1v) is 9.29. The lowest BCUT2D eigenvalue weighted by Gasteiger charge is -2.20. The number of urea groups is 1. The molecule has 2 N–H and O–H groups in total. The Morgan fingerprint density at radius 1 is 1.31 bits per heavy atom. The van der Waals surface area contributed by atoms with Crippen LogP contribution in [0.4, 0.5) is 16.3 Å². The lowest BCUT2D eigenvalue weighted by Crippen LogP contribution is -2.34. The molecule has 0 aliphatic carbocycles. The molecule has 2 aromatic heterocycles. The molecule has 3 heterocycles. The third kappa shape index (κ3) is 4.53. The monoisotopic (exact) mass is 356 g/mol. The van der Waals surface area contributed by atoms with E-state index in [1.165, 1.54) is 12.8 Å². The van der Waals surface area contributed by atoms with E-state index in [2.05, 4.69) is 45.5 Å². The summed E-state index contributed by atoms with van der Waals surface area (Å²) in [7, 11) is 0. The first-order valence-electron chi connectivity index (χ1n) is 9.29. The number of amides is 2. The molecule has 1 saturated heterocycles. The average Bonchev–Trinajstić information content (AvgIpc) is 3.24. The van der Waals surface area contributed by atoms with Gasteiger partial charge in [-0.25, -0.2) is 9.78 Å². The standard InChI is InChI=1S/C19H28N6O/c1-14(13-25-16(3)11-15(2)23-25)12-21-19(26)22-17-7-6-8-20-18(17)24-9-4-5-10-24/h6-8,11,14H,4-5,9-10,12-13H2,1-3H3,(H2,21,22,26). The summed E-state index contributed by atoms with van der Waals surface area (Å²) < 4.78 is 1.99. The summed E-state index contributed by atoms with van der Waals surface area (Å²) in [5.41, 5.74) is 2.92. The minimum atomic E-state index is -0.196. The average molecular weight is 356 g/mol. The van der Waals surface area contributed by atoms with Crippen LogP contribution in [0.2, 0.25) is 0 Å². The van der Waals surface area contributed by atoms with Crippen LogP contribution in [0.3, 0.4) is 0 Å². The number of nitrogens with zero attached hydrogens (tertiary/aromatic N) is 4. The van der Waals surface area contributed by atoms with Crippen LogP contribution in [-0.4, -0.2) is 40.4 Å². The maximum absolute atomic E-state index is 12.3. The first kappa shape index (κ1) is 18.2. The zero-order valence-corrected chi connectivity index (χ0v) is 15.8. The predicted octanol–water partition coefficient (Wildman–Crippen LogP) is 2.95. The quantitative estimate of drug-likeness (QED) is 0.834. The van der Waals surface area contributed by atoms with Crippen molar-refractivity contribution in [2.75, 3.05) is 29.9 Å². The van der Waals surface area contributed by atoms with Crippen molar-refractivity contribution < 1.29 is 4.79 Å². The highest BCUT2D eigenvalue weighted by atomic mass is 16.2. The van der Waals surface area contributed by atoms with Gasteiger partial charge < -0.3 is 15.5 Å². The van der Waals surface area contributed by atoms with Crippen molar-refractivity contribution in [3.8, 4) is 0 Å². The van der Waals surface area contributed by atoms with E-state index < -0.39 is 0 Å². The molecule has 7 heteroatoms. The largest absolute Gasteiger partial charge is 0.355 e. The first-order chi connectivity index (χ1) is 12.5. The number of aromatic nitrogens is 3. The number of hydrogen-bond acceptors (Lipinski definition) is 4. The summed E-state index contributed by atoms with van der Waals surface area (Å²) in [5.74, 6) is 1.14. The van der Waals surface area contributed by atoms with Gasteiger partial charge in [0.2, 0.25) is 0 Å². The van der Waals surface area contributed by atoms with Gasteiger partial charge in [0, 0.05) is 38.1 Å². The lowest BCUT2D eigenvalue weighted by molar-refractivity contribution is 0.249. The van der Waals surface area contributed by atoms with E-state index in [0.717, 1.165) is 42.5 Å². The molecule has 1 aliphatic heterocycles. The van der Waals surface area contributed by atoms with Crippen molar-refractivity contribution in [2.45, 2.75) is 40.2 Å². The van der Waals surface area contributed by atoms with Crippen molar-refractivity contribution in [1.29, 1.82) is 0 Å². The summed E-state index contributed by atoms with van der Waals surface area (Å²) in [6.07, 6.45) is 4.12. The molecule has 1 unspecified atom stereocenters. The Morgan fingerprint density at radius 3 is 2.77 bits per heavy atom. The number of rotatable bonds is 6. The number of carbonyl (C=O) groups excluding carboxylic acids is 1. The van der Waals surface area contributed by atoms with Crippen LogP contribution in [0.1, 0.15) is 31.2 Å². The van der Waals surface area contributed by atoms with E-state index in [9.17, 15) is 4.79 Å². The van der Waals surface area contributed by atoms with Gasteiger partial charge in [0.1, 0.15) is 0 Å². The number of carbonyl (C=O) groups is 1. The molecular formula is C19H28N6O. The maximum atomic E-state index is 12.3. The number of nitrogens with one attached hydrogen (secondary N) is 2. The Balaban J connectivity index is 1.52. The van der Waals surface area contributed by atoms with Crippen LogP contribution >= 0.6 is 0 Å². The second kappa shape index (κ2) is 8.21. The SMILES string of the molecule is Cc1cc(C)n(CC(C)CNC(=O)Nc2cccnc2N2CCCC2)n1. The molecule has 1 aliphatic rings. The normalized spacial score (nSPS) is 15.1. The molecule has 0 saturated carbocycles. The van der Waals surface area contributed by atoms with Crippen LogP contribution in [0, 0.1) is 19.8 Å². The van der Waals surface area contributed by atoms with Gasteiger partial charge in [-0.3, -0.25) is 4.68 Å². The van der Waals surface area contributed by atoms with Crippen LogP contribution in [0.5, 0.6) is 0 Å². The zero-order valence-electron chi connectivity index (χ0n) is 15.8. The van der Waals surface area contributed by atoms with Gasteiger partial charge in [-0.1, -0.05) is 6.92 Å². The van der Waals surface area contributed by atoms with Gasteiger partial charge >= 0.3 is 6.03 Å². The molecule has 2 amide bonds. The van der Waals surface area contributed by atoms with Crippen LogP contribution in [0.25, 0.3) is 0 Å². The summed E-state index contributed by atoms with van der Waals surface area (Å²) in [6.45, 7) is 9.51. The topological polar surface area (TPSA) is 75.1 Å². The Bertz CT molecular complexity index is 750. The number of anilines is 2. The Labute approximate surface area is 154 Å². The number of pyridine rings is 1. The summed E-state index contributed by atoms with van der Waals surface area (Å²) in [5, 5.41) is 10.4. The van der Waals surface area contributed by atoms with Gasteiger partial charge in [0.25, 0.3) is 0 Å². The van der Waals surface area contributed by atoms with Crippen molar-refractivity contribution in [1.82, 2.24) is 20.1 Å². The van der Waals surface area contributed by atoms with Crippen molar-refractivity contribution in [3.63, 3.8) is 0 Å². The van der Waals surface area contributed by atoms with Crippen LogP contribution < -0.4 is 15.5 Å². The highest BCUT2D eigenvalue weighted by Gasteiger charge is 2.18. The zero-order chi connectivity index (χ0) is 18.5. The lowest BCUT2D eigenvalue weighted by atomic mass is 10.2. The number of aryl methyl sites for hydroxylation is 2. The molecule has 2 aromatic rings. The summed E-state index contributed by atoms with van der Waals surface area (Å²) >= 11 is 0. The van der Waals surface area contributed by atoms with Crippen LogP contribution in [-0.2, 0) is 6.54 Å². The van der Waals surface area contributed by atoms with Crippen LogP contribution in [0.15, 0.2) is 24.4 Å². The molecule has 0 spiro atoms. The maximum Gasteiger partial charge on any atom is 0.319 e. The Hall–Kier alpha value is -2.57. The summed E-state index contributed by atoms with van der Waals surface area (Å²) in [4.78, 5) is 19.0. The molecule has 7 nitrogen and oxygen atoms in total. The predicted molar refractivity (Wildman–Crippen MR) is 104 cm³/mol. The minimum Gasteiger partial charge on any atom is -0.355 e. The fourth-order valence-electron chi connectivity index (χ4n) is 3.33. The van der Waals surface area contributed by atoms with Gasteiger partial charge in [0.05, 0.1) is 11.4 Å². The van der Waals surface area contributed by atoms with Gasteiger partial charge in [-0.15, -0.1) is 0 Å². The van der Waals surface area contributed by atoms with E-state index in [0.29, 0.717) is 6.54 Å². The molecule has 26 heavy (non-hydrogen) atoms. The smallest absolute Gasteiger partial charge is 0.319 e. The molecule has 0 aromatic carbocycles. The van der Waals surface area contributed by atoms with Crippen molar-refractivity contribution in [2.24, 2.45) is 5.92 Å². The molecule has 0 radical (unpaired) electrons. The van der Waals surface area contributed by atoms with Crippen molar-refractivity contribution in [3.05, 3.63) is 35.8 Å². The van der Waals surface area contributed by atoms with Gasteiger partial charge in [0.15, 0.2) is 5.82 Å². The molecule has 0 bridgehead atoms. The molecule has 140 valence electrons. The fraction of sp³-hybridized carbons (Fsp3) is 0.526. The van der Waals surface area contributed by atoms with E-state index >= 15 is 0 Å². The second-order valence-corrected chi connectivity index (χ2v) is 7.12. The third-order valence-electron chi connectivity index (χ3n) is 4.64. The highest BCUT2D eigenvalue weighted by molar-refractivity contribution is 5.92. The third-order valence-corrected chi connectivity index (χ3v) is 4.64. The van der Waals surface area contributed by atoms with Gasteiger partial charge in [-0.2, -0.15) is 5.10 Å². The fourth-order valence-corrected chi connectivity index (χ4v) is 3.33. The minimum absolute atomic E-state index is 0.196. The number of hydrogen-bond donors (Lipinski definition) is 2. The molecule has 1 fully saturated rings. The Morgan fingerprint density at radius 2 is 2.08 bits per heavy atom. The summed E-state index contributed by atoms with van der Waals surface area (Å²) in [6, 6.07) is 5.62. The molecular weight excluding hydrogens is 328 g/mol. The van der Waals surface area contributed by atoms with E-state index in [1.807, 2.05) is 23.7 Å². The van der Waals surface area contributed by atoms with E-state index in [4.69, 9.17) is 0 Å². The van der Waals surface area contributed by atoms with E-state index in [1.54, 1.807) is 6.20 Å². The molecule has 1 atom stereocenters. The van der Waals surface area contributed by atoms with Crippen molar-refractivity contribution >= 4 is 17.5 Å².